The number of benzene rings is 1. The summed E-state index contributed by atoms with van der Waals surface area (Å²) in [6.07, 6.45) is 3.32. The Bertz CT molecular complexity index is 530. The van der Waals surface area contributed by atoms with Crippen molar-refractivity contribution in [2.24, 2.45) is 5.84 Å². The minimum absolute atomic E-state index is 0.105. The molecule has 0 aliphatic rings. The monoisotopic (exact) mass is 339 g/mol. The highest BCUT2D eigenvalue weighted by Crippen LogP contribution is 2.18. The third kappa shape index (κ3) is 4.28. The molecule has 1 aromatic carbocycles. The number of nitrogens with zero attached hydrogens (tertiary/aromatic N) is 1. The molecule has 0 amide bonds. The summed E-state index contributed by atoms with van der Waals surface area (Å²) in [6, 6.07) is 11.9. The second-order valence-electron chi connectivity index (χ2n) is 4.33. The Balaban J connectivity index is 2.05. The third-order valence-electron chi connectivity index (χ3n) is 2.90. The zero-order valence-corrected chi connectivity index (χ0v) is 12.7. The summed E-state index contributed by atoms with van der Waals surface area (Å²) >= 11 is 9.53. The van der Waals surface area contributed by atoms with Crippen molar-refractivity contribution in [3.05, 3.63) is 63.3 Å². The van der Waals surface area contributed by atoms with Gasteiger partial charge in [0.2, 0.25) is 0 Å². The van der Waals surface area contributed by atoms with Crippen molar-refractivity contribution >= 4 is 27.5 Å². The van der Waals surface area contributed by atoms with Crippen LogP contribution in [0.3, 0.4) is 0 Å². The van der Waals surface area contributed by atoms with E-state index in [0.29, 0.717) is 0 Å². The molecule has 19 heavy (non-hydrogen) atoms. The summed E-state index contributed by atoms with van der Waals surface area (Å²) in [5.41, 5.74) is 4.92. The maximum atomic E-state index is 6.16. The average molecular weight is 341 g/mol. The quantitative estimate of drug-likeness (QED) is 0.649. The first kappa shape index (κ1) is 14.5. The first-order valence-electron chi connectivity index (χ1n) is 5.99. The summed E-state index contributed by atoms with van der Waals surface area (Å²) in [5, 5.41) is 0.770. The minimum atomic E-state index is 0.105. The van der Waals surface area contributed by atoms with Crippen molar-refractivity contribution in [2.75, 3.05) is 0 Å². The fourth-order valence-corrected chi connectivity index (χ4v) is 2.35. The number of nitrogens with one attached hydrogen (secondary N) is 1. The molecule has 2 rings (SSSR count). The topological polar surface area (TPSA) is 50.9 Å². The Hall–Kier alpha value is -0.940. The zero-order chi connectivity index (χ0) is 13.7. The number of hydrogen-bond acceptors (Lipinski definition) is 3. The van der Waals surface area contributed by atoms with Gasteiger partial charge in [-0.3, -0.25) is 16.3 Å². The molecular formula is C14H15BrClN3. The molecule has 100 valence electrons. The Morgan fingerprint density at radius 1 is 1.21 bits per heavy atom. The van der Waals surface area contributed by atoms with Crippen molar-refractivity contribution in [3.8, 4) is 0 Å². The number of pyridine rings is 1. The lowest BCUT2D eigenvalue weighted by atomic mass is 10.0. The molecule has 0 bridgehead atoms. The normalized spacial score (nSPS) is 12.4. The first-order chi connectivity index (χ1) is 9.19. The lowest BCUT2D eigenvalue weighted by molar-refractivity contribution is 0.517. The van der Waals surface area contributed by atoms with Crippen molar-refractivity contribution in [2.45, 2.75) is 18.9 Å². The predicted molar refractivity (Wildman–Crippen MR) is 81.9 cm³/mol. The highest BCUT2D eigenvalue weighted by atomic mass is 79.9. The molecule has 3 nitrogen and oxygen atoms in total. The van der Waals surface area contributed by atoms with E-state index in [-0.39, 0.29) is 6.04 Å². The molecule has 1 atom stereocenters. The van der Waals surface area contributed by atoms with Gasteiger partial charge in [-0.15, -0.1) is 0 Å². The highest BCUT2D eigenvalue weighted by molar-refractivity contribution is 9.10. The van der Waals surface area contributed by atoms with Gasteiger partial charge in [0.15, 0.2) is 0 Å². The number of nitrogens with two attached hydrogens (primary N) is 1. The van der Waals surface area contributed by atoms with Crippen LogP contribution in [0.4, 0.5) is 0 Å². The number of halogens is 2. The first-order valence-corrected chi connectivity index (χ1v) is 7.16. The molecule has 3 N–H and O–H groups in total. The van der Waals surface area contributed by atoms with Crippen molar-refractivity contribution in [3.63, 3.8) is 0 Å². The number of hydrogen-bond donors (Lipinski definition) is 2. The van der Waals surface area contributed by atoms with Crippen LogP contribution in [0.15, 0.2) is 47.1 Å². The van der Waals surface area contributed by atoms with Gasteiger partial charge in [0.1, 0.15) is 0 Å². The summed E-state index contributed by atoms with van der Waals surface area (Å²) < 4.78 is 0.972. The van der Waals surface area contributed by atoms with Crippen molar-refractivity contribution < 1.29 is 0 Å². The van der Waals surface area contributed by atoms with Gasteiger partial charge in [-0.05, 0) is 46.1 Å². The molecule has 0 saturated carbocycles. The van der Waals surface area contributed by atoms with Gasteiger partial charge in [-0.25, -0.2) is 0 Å². The second kappa shape index (κ2) is 7.01. The van der Waals surface area contributed by atoms with Crippen molar-refractivity contribution in [1.82, 2.24) is 10.4 Å². The maximum absolute atomic E-state index is 6.16. The third-order valence-corrected chi connectivity index (χ3v) is 3.74. The van der Waals surface area contributed by atoms with Gasteiger partial charge in [0.25, 0.3) is 0 Å². The minimum Gasteiger partial charge on any atom is -0.271 e. The van der Waals surface area contributed by atoms with Gasteiger partial charge >= 0.3 is 0 Å². The molecule has 0 radical (unpaired) electrons. The molecule has 0 fully saturated rings. The lowest BCUT2D eigenvalue weighted by Gasteiger charge is -2.16. The summed E-state index contributed by atoms with van der Waals surface area (Å²) in [6.45, 7) is 0. The van der Waals surface area contributed by atoms with Gasteiger partial charge in [0, 0.05) is 33.8 Å². The molecule has 5 heteroatoms. The standard InChI is InChI=1S/C14H15BrClN3/c15-11-5-6-12(18-9-11)8-13(19-17)7-10-3-1-2-4-14(10)16/h1-6,9,13,19H,7-8,17H2. The van der Waals surface area contributed by atoms with Crippen LogP contribution in [0, 0.1) is 0 Å². The molecule has 0 aliphatic heterocycles. The van der Waals surface area contributed by atoms with E-state index in [1.165, 1.54) is 0 Å². The van der Waals surface area contributed by atoms with E-state index >= 15 is 0 Å². The van der Waals surface area contributed by atoms with E-state index < -0.39 is 0 Å². The predicted octanol–water partition coefficient (Wildman–Crippen LogP) is 3.11. The number of rotatable bonds is 5. The van der Waals surface area contributed by atoms with Gasteiger partial charge < -0.3 is 0 Å². The maximum Gasteiger partial charge on any atom is 0.0438 e. The van der Waals surface area contributed by atoms with Crippen LogP contribution in [-0.2, 0) is 12.8 Å². The van der Waals surface area contributed by atoms with Crippen LogP contribution in [0.1, 0.15) is 11.3 Å². The lowest BCUT2D eigenvalue weighted by Crippen LogP contribution is -2.38. The van der Waals surface area contributed by atoms with Crippen LogP contribution >= 0.6 is 27.5 Å². The molecule has 1 heterocycles. The van der Waals surface area contributed by atoms with E-state index in [0.717, 1.165) is 33.6 Å². The summed E-state index contributed by atoms with van der Waals surface area (Å²) in [7, 11) is 0. The van der Waals surface area contributed by atoms with E-state index in [9.17, 15) is 0 Å². The number of aromatic nitrogens is 1. The van der Waals surface area contributed by atoms with Crippen LogP contribution in [0.2, 0.25) is 5.02 Å². The Morgan fingerprint density at radius 2 is 2.00 bits per heavy atom. The van der Waals surface area contributed by atoms with Gasteiger partial charge in [-0.1, -0.05) is 29.8 Å². The van der Waals surface area contributed by atoms with Crippen LogP contribution < -0.4 is 11.3 Å². The highest BCUT2D eigenvalue weighted by Gasteiger charge is 2.11. The second-order valence-corrected chi connectivity index (χ2v) is 5.65. The molecule has 2 aromatic rings. The van der Waals surface area contributed by atoms with E-state index in [1.54, 1.807) is 6.20 Å². The molecule has 0 spiro atoms. The Labute approximate surface area is 126 Å². The zero-order valence-electron chi connectivity index (χ0n) is 10.3. The molecule has 1 aromatic heterocycles. The Morgan fingerprint density at radius 3 is 2.63 bits per heavy atom. The summed E-state index contributed by atoms with van der Waals surface area (Å²) in [4.78, 5) is 4.35. The van der Waals surface area contributed by atoms with Gasteiger partial charge in [0.05, 0.1) is 0 Å². The fourth-order valence-electron chi connectivity index (χ4n) is 1.90. The summed E-state index contributed by atoms with van der Waals surface area (Å²) in [5.74, 6) is 5.62. The Kier molecular flexibility index (Phi) is 5.34. The smallest absolute Gasteiger partial charge is 0.0438 e. The van der Waals surface area contributed by atoms with Crippen LogP contribution in [0.5, 0.6) is 0 Å². The molecular weight excluding hydrogens is 326 g/mol. The fraction of sp³-hybridized carbons (Fsp3) is 0.214. The largest absolute Gasteiger partial charge is 0.271 e. The van der Waals surface area contributed by atoms with Gasteiger partial charge in [-0.2, -0.15) is 0 Å². The average Bonchev–Trinajstić information content (AvgIpc) is 2.43. The molecule has 0 saturated heterocycles. The van der Waals surface area contributed by atoms with Crippen molar-refractivity contribution in [1.29, 1.82) is 0 Å². The molecule has 1 unspecified atom stereocenters. The SMILES string of the molecule is NNC(Cc1ccc(Br)cn1)Cc1ccccc1Cl. The van der Waals surface area contributed by atoms with E-state index in [2.05, 4.69) is 26.3 Å². The number of hydrazine groups is 1. The van der Waals surface area contributed by atoms with E-state index in [4.69, 9.17) is 17.4 Å². The van der Waals surface area contributed by atoms with E-state index in [1.807, 2.05) is 36.4 Å². The molecule has 0 aliphatic carbocycles. The van der Waals surface area contributed by atoms with Crippen LogP contribution in [0.25, 0.3) is 0 Å². The van der Waals surface area contributed by atoms with Crippen LogP contribution in [-0.4, -0.2) is 11.0 Å².